The summed E-state index contributed by atoms with van der Waals surface area (Å²) in [6.07, 6.45) is 0. The first kappa shape index (κ1) is 18.7. The van der Waals surface area contributed by atoms with Crippen LogP contribution >= 0.6 is 47.8 Å². The monoisotopic (exact) mass is 459 g/mol. The van der Waals surface area contributed by atoms with E-state index in [1.807, 2.05) is 28.2 Å². The van der Waals surface area contributed by atoms with Gasteiger partial charge in [0.15, 0.2) is 0 Å². The van der Waals surface area contributed by atoms with Crippen molar-refractivity contribution in [2.45, 2.75) is 2.27 Å². The van der Waals surface area contributed by atoms with Crippen LogP contribution in [0.15, 0.2) is 24.3 Å². The molecular formula is C11H16Br3N3O2. The van der Waals surface area contributed by atoms with Gasteiger partial charge in [-0.05, 0) is 24.3 Å². The molecule has 5 nitrogen and oxygen atoms in total. The fraction of sp³-hybridized carbons (Fsp3) is 0.455. The number of anilines is 2. The van der Waals surface area contributed by atoms with Crippen LogP contribution in [0.1, 0.15) is 0 Å². The minimum atomic E-state index is -1.34. The molecule has 0 heterocycles. The van der Waals surface area contributed by atoms with E-state index in [2.05, 4.69) is 81.9 Å². The number of hydrogen-bond acceptors (Lipinski definition) is 4. The van der Waals surface area contributed by atoms with Gasteiger partial charge in [-0.1, -0.05) is 0 Å². The highest BCUT2D eigenvalue weighted by Crippen LogP contribution is 2.33. The Morgan fingerprint density at radius 3 is 1.26 bits per heavy atom. The lowest BCUT2D eigenvalue weighted by Crippen LogP contribution is -2.13. The third-order valence-corrected chi connectivity index (χ3v) is 2.96. The molecule has 0 fully saturated rings. The Hall–Kier alpha value is -0.340. The van der Waals surface area contributed by atoms with Crippen LogP contribution in [0.3, 0.4) is 0 Å². The van der Waals surface area contributed by atoms with Gasteiger partial charge in [-0.2, -0.15) is 0 Å². The van der Waals surface area contributed by atoms with Crippen molar-refractivity contribution < 1.29 is 4.92 Å². The van der Waals surface area contributed by atoms with E-state index in [0.29, 0.717) is 0 Å². The Labute approximate surface area is 138 Å². The van der Waals surface area contributed by atoms with E-state index in [0.717, 1.165) is 0 Å². The average Bonchev–Trinajstić information content (AvgIpc) is 2.28. The van der Waals surface area contributed by atoms with Crippen LogP contribution in [-0.2, 0) is 0 Å². The van der Waals surface area contributed by atoms with Gasteiger partial charge in [0.2, 0.25) is 0 Å². The van der Waals surface area contributed by atoms with Gasteiger partial charge < -0.3 is 9.80 Å². The van der Waals surface area contributed by atoms with Gasteiger partial charge in [-0.25, -0.2) is 0 Å². The van der Waals surface area contributed by atoms with Crippen molar-refractivity contribution in [3.63, 3.8) is 0 Å². The Morgan fingerprint density at radius 1 is 0.947 bits per heavy atom. The Balaban J connectivity index is 0.000000399. The number of nitro groups is 1. The van der Waals surface area contributed by atoms with Crippen LogP contribution in [0.4, 0.5) is 11.4 Å². The summed E-state index contributed by atoms with van der Waals surface area (Å²) in [4.78, 5) is 13.3. The number of hydrogen-bond donors (Lipinski definition) is 0. The van der Waals surface area contributed by atoms with E-state index < -0.39 is 7.19 Å². The molecule has 0 aromatic heterocycles. The SMILES string of the molecule is CN(C)c1ccc(N(C)C)cc1.O=[N+]([O-])C(Br)(Br)Br. The second-order valence-corrected chi connectivity index (χ2v) is 10.7. The predicted molar refractivity (Wildman–Crippen MR) is 91.6 cm³/mol. The smallest absolute Gasteiger partial charge is 0.378 e. The van der Waals surface area contributed by atoms with Gasteiger partial charge in [0.05, 0.1) is 4.92 Å². The molecule has 0 saturated heterocycles. The fourth-order valence-corrected chi connectivity index (χ4v) is 1.05. The number of rotatable bonds is 2. The van der Waals surface area contributed by atoms with Gasteiger partial charge in [0.1, 0.15) is 0 Å². The number of benzene rings is 1. The van der Waals surface area contributed by atoms with Crippen LogP contribution in [0, 0.1) is 10.1 Å². The lowest BCUT2D eigenvalue weighted by atomic mass is 10.2. The molecule has 0 aliphatic rings. The number of nitrogens with zero attached hydrogens (tertiary/aromatic N) is 3. The highest BCUT2D eigenvalue weighted by molar-refractivity contribution is 9.39. The largest absolute Gasteiger partial charge is 0.379 e. The van der Waals surface area contributed by atoms with Crippen molar-refractivity contribution in [1.29, 1.82) is 0 Å². The maximum Gasteiger partial charge on any atom is 0.379 e. The van der Waals surface area contributed by atoms with Gasteiger partial charge in [-0.3, -0.25) is 10.1 Å². The molecule has 0 N–H and O–H groups in total. The summed E-state index contributed by atoms with van der Waals surface area (Å²) in [5, 5.41) is 9.69. The molecule has 1 rings (SSSR count). The van der Waals surface area contributed by atoms with Gasteiger partial charge in [-0.15, -0.1) is 0 Å². The molecule has 0 atom stereocenters. The average molecular weight is 462 g/mol. The maximum atomic E-state index is 9.69. The zero-order chi connectivity index (χ0) is 15.2. The Kier molecular flexibility index (Phi) is 7.92. The van der Waals surface area contributed by atoms with E-state index in [-0.39, 0.29) is 0 Å². The zero-order valence-corrected chi connectivity index (χ0v) is 15.9. The number of alkyl halides is 3. The third-order valence-electron chi connectivity index (χ3n) is 2.09. The van der Waals surface area contributed by atoms with Crippen molar-refractivity contribution in [3.05, 3.63) is 34.4 Å². The summed E-state index contributed by atoms with van der Waals surface area (Å²) in [7, 11) is 8.19. The molecule has 0 amide bonds. The first-order valence-corrected chi connectivity index (χ1v) is 7.59. The quantitative estimate of drug-likeness (QED) is 0.290. The lowest BCUT2D eigenvalue weighted by Gasteiger charge is -2.16. The summed E-state index contributed by atoms with van der Waals surface area (Å²) in [6, 6.07) is 8.48. The van der Waals surface area contributed by atoms with Crippen LogP contribution in [0.5, 0.6) is 0 Å². The van der Waals surface area contributed by atoms with Crippen molar-refractivity contribution in [2.75, 3.05) is 38.0 Å². The molecule has 0 bridgehead atoms. The first-order chi connectivity index (χ1) is 8.55. The molecular weight excluding hydrogens is 446 g/mol. The molecule has 1 aromatic rings. The topological polar surface area (TPSA) is 49.6 Å². The predicted octanol–water partition coefficient (Wildman–Crippen LogP) is 3.88. The fourth-order valence-electron chi connectivity index (χ4n) is 1.05. The molecule has 0 aliphatic heterocycles. The first-order valence-electron chi connectivity index (χ1n) is 5.21. The Bertz CT molecular complexity index is 376. The lowest BCUT2D eigenvalue weighted by molar-refractivity contribution is -0.476. The normalized spacial score (nSPS) is 10.3. The van der Waals surface area contributed by atoms with Crippen LogP contribution in [0.2, 0.25) is 0 Å². The molecule has 108 valence electrons. The van der Waals surface area contributed by atoms with Crippen molar-refractivity contribution in [2.24, 2.45) is 0 Å². The van der Waals surface area contributed by atoms with Gasteiger partial charge in [0, 0.05) is 87.4 Å². The van der Waals surface area contributed by atoms with Gasteiger partial charge in [0.25, 0.3) is 0 Å². The Morgan fingerprint density at radius 2 is 1.16 bits per heavy atom. The van der Waals surface area contributed by atoms with E-state index in [9.17, 15) is 10.1 Å². The van der Waals surface area contributed by atoms with Crippen molar-refractivity contribution in [1.82, 2.24) is 0 Å². The summed E-state index contributed by atoms with van der Waals surface area (Å²) >= 11 is 8.03. The van der Waals surface area contributed by atoms with E-state index in [1.165, 1.54) is 11.4 Å². The van der Waals surface area contributed by atoms with E-state index in [4.69, 9.17) is 0 Å². The third kappa shape index (κ3) is 7.74. The molecule has 0 unspecified atom stereocenters. The van der Waals surface area contributed by atoms with Gasteiger partial charge >= 0.3 is 2.27 Å². The second-order valence-electron chi connectivity index (χ2n) is 4.03. The highest BCUT2D eigenvalue weighted by Gasteiger charge is 2.30. The summed E-state index contributed by atoms with van der Waals surface area (Å²) in [6.45, 7) is 0. The molecule has 0 radical (unpaired) electrons. The van der Waals surface area contributed by atoms with Crippen LogP contribution < -0.4 is 9.80 Å². The van der Waals surface area contributed by atoms with Crippen LogP contribution in [0.25, 0.3) is 0 Å². The van der Waals surface area contributed by atoms with E-state index in [1.54, 1.807) is 0 Å². The molecule has 0 saturated carbocycles. The summed E-state index contributed by atoms with van der Waals surface area (Å²) in [5.41, 5.74) is 2.47. The molecule has 8 heteroatoms. The van der Waals surface area contributed by atoms with Crippen LogP contribution in [-0.4, -0.2) is 35.4 Å². The summed E-state index contributed by atoms with van der Waals surface area (Å²) < 4.78 is -1.34. The van der Waals surface area contributed by atoms with E-state index >= 15 is 0 Å². The van der Waals surface area contributed by atoms with Crippen molar-refractivity contribution >= 4 is 59.2 Å². The standard InChI is InChI=1S/C10H16N2.CBr3NO2/c1-11(2)9-5-7-10(8-6-9)12(3)4;2-1(3,4)5(6)7/h5-8H,1-4H3;. The number of halogens is 3. The highest BCUT2D eigenvalue weighted by atomic mass is 80.0. The molecule has 0 spiro atoms. The minimum absolute atomic E-state index is 0.563. The second kappa shape index (κ2) is 8.06. The molecule has 19 heavy (non-hydrogen) atoms. The summed E-state index contributed by atoms with van der Waals surface area (Å²) in [5.74, 6) is 0. The minimum Gasteiger partial charge on any atom is -0.378 e. The molecule has 0 aliphatic carbocycles. The molecule has 1 aromatic carbocycles. The van der Waals surface area contributed by atoms with Crippen molar-refractivity contribution in [3.8, 4) is 0 Å². The zero-order valence-electron chi connectivity index (χ0n) is 11.1. The maximum absolute atomic E-state index is 9.69.